The van der Waals surface area contributed by atoms with Crippen LogP contribution >= 0.6 is 11.3 Å². The average molecular weight is 572 g/mol. The van der Waals surface area contributed by atoms with Crippen LogP contribution in [0.4, 0.5) is 0 Å². The number of piperidine rings is 1. The van der Waals surface area contributed by atoms with Gasteiger partial charge in [-0.05, 0) is 70.3 Å². The fourth-order valence-electron chi connectivity index (χ4n) is 5.39. The molecule has 0 spiro atoms. The van der Waals surface area contributed by atoms with Crippen molar-refractivity contribution in [2.24, 2.45) is 0 Å². The van der Waals surface area contributed by atoms with Gasteiger partial charge in [0.05, 0.1) is 7.11 Å². The van der Waals surface area contributed by atoms with E-state index < -0.39 is 18.0 Å². The second-order valence-corrected chi connectivity index (χ2v) is 12.1. The van der Waals surface area contributed by atoms with Crippen molar-refractivity contribution in [2.45, 2.75) is 63.7 Å². The van der Waals surface area contributed by atoms with Crippen LogP contribution in [-0.4, -0.2) is 76.7 Å². The van der Waals surface area contributed by atoms with Crippen LogP contribution in [0.1, 0.15) is 50.0 Å². The van der Waals surface area contributed by atoms with E-state index in [9.17, 15) is 5.11 Å². The maximum atomic E-state index is 10.7. The number of rotatable bonds is 7. The Labute approximate surface area is 237 Å². The summed E-state index contributed by atoms with van der Waals surface area (Å²) in [6.07, 6.45) is 2.53. The summed E-state index contributed by atoms with van der Waals surface area (Å²) in [4.78, 5) is 22.0. The molecule has 1 saturated heterocycles. The van der Waals surface area contributed by atoms with Crippen molar-refractivity contribution < 1.29 is 39.1 Å². The number of para-hydroxylation sites is 1. The Hall–Kier alpha value is -3.34. The second kappa shape index (κ2) is 12.4. The highest BCUT2D eigenvalue weighted by Crippen LogP contribution is 2.42. The van der Waals surface area contributed by atoms with E-state index in [-0.39, 0.29) is 12.2 Å². The molecule has 0 aliphatic carbocycles. The third kappa shape index (κ3) is 7.04. The molecule has 3 N–H and O–H groups in total. The molecule has 2 aromatic carbocycles. The van der Waals surface area contributed by atoms with Gasteiger partial charge >= 0.3 is 11.9 Å². The smallest absolute Gasteiger partial charge is 0.414 e. The Morgan fingerprint density at radius 2 is 1.85 bits per heavy atom. The summed E-state index contributed by atoms with van der Waals surface area (Å²) in [5, 5.41) is 26.7. The van der Waals surface area contributed by atoms with Crippen molar-refractivity contribution in [3.63, 3.8) is 0 Å². The number of benzene rings is 2. The molecule has 3 heterocycles. The van der Waals surface area contributed by atoms with E-state index in [0.717, 1.165) is 43.1 Å². The van der Waals surface area contributed by atoms with Crippen LogP contribution in [0.2, 0.25) is 0 Å². The molecule has 0 unspecified atom stereocenters. The number of carboxylic acids is 2. The van der Waals surface area contributed by atoms with Gasteiger partial charge in [0, 0.05) is 39.5 Å². The lowest BCUT2D eigenvalue weighted by Gasteiger charge is -2.38. The first-order chi connectivity index (χ1) is 19.0. The quantitative estimate of drug-likeness (QED) is 0.343. The van der Waals surface area contributed by atoms with E-state index in [2.05, 4.69) is 49.9 Å². The zero-order valence-electron chi connectivity index (χ0n) is 23.3. The number of aliphatic carboxylic acids is 2. The van der Waals surface area contributed by atoms with Crippen LogP contribution in [0.5, 0.6) is 17.2 Å². The minimum absolute atomic E-state index is 0.209. The van der Waals surface area contributed by atoms with Crippen molar-refractivity contribution in [3.8, 4) is 17.2 Å². The summed E-state index contributed by atoms with van der Waals surface area (Å²) < 4.78 is 18.9. The molecule has 9 nitrogen and oxygen atoms in total. The number of β-amino-alcohol motifs (C(OH)–C–C–N with tert-alkyl or cyclic N) is 1. The fourth-order valence-corrected chi connectivity index (χ4v) is 6.62. The molecule has 5 rings (SSSR count). The lowest BCUT2D eigenvalue weighted by molar-refractivity contribution is -0.159. The van der Waals surface area contributed by atoms with E-state index in [0.29, 0.717) is 18.5 Å². The Balaban J connectivity index is 0.000000557. The minimum Gasteiger partial charge on any atom is -0.496 e. The number of aliphatic hydroxyl groups excluding tert-OH is 1. The van der Waals surface area contributed by atoms with Crippen LogP contribution in [0.15, 0.2) is 42.5 Å². The van der Waals surface area contributed by atoms with Gasteiger partial charge in [0.15, 0.2) is 11.5 Å². The fraction of sp³-hybridized carbons (Fsp3) is 0.467. The number of likely N-dealkylation sites (tertiary alicyclic amines) is 1. The summed E-state index contributed by atoms with van der Waals surface area (Å²) >= 11 is 1.89. The number of fused-ring (bicyclic) bond motifs is 2. The molecule has 1 aromatic heterocycles. The number of ether oxygens (including phenoxy) is 3. The largest absolute Gasteiger partial charge is 0.496 e. The Morgan fingerprint density at radius 1 is 1.15 bits per heavy atom. The number of aliphatic hydroxyl groups is 1. The highest BCUT2D eigenvalue weighted by molar-refractivity contribution is 7.19. The van der Waals surface area contributed by atoms with Crippen LogP contribution in [0, 0.1) is 0 Å². The molecule has 3 atom stereocenters. The predicted molar refractivity (Wildman–Crippen MR) is 153 cm³/mol. The van der Waals surface area contributed by atoms with Gasteiger partial charge in [-0.25, -0.2) is 9.59 Å². The van der Waals surface area contributed by atoms with Gasteiger partial charge in [-0.15, -0.1) is 11.3 Å². The third-order valence-corrected chi connectivity index (χ3v) is 8.55. The standard InChI is InChI=1S/C28H35NO4S.C2H2O4/c1-18-13-19(26-14-22-23(31-4)8-6-10-25(22)34-26)11-12-29(18)16-21(30)17-32-24-9-5-7-20-15-28(2,3)33-27(20)24;3-1(4)2(5)6/h5-10,14,18-19,21,30H,11-13,15-17H2,1-4H3;(H,3,4)(H,5,6)/t18-,19+,21+;/m1./s1. The molecule has 3 aromatic rings. The summed E-state index contributed by atoms with van der Waals surface area (Å²) in [5.74, 6) is -0.589. The van der Waals surface area contributed by atoms with Crippen molar-refractivity contribution in [1.29, 1.82) is 0 Å². The first-order valence-electron chi connectivity index (χ1n) is 13.4. The Kier molecular flexibility index (Phi) is 9.22. The Bertz CT molecular complexity index is 1340. The molecule has 10 heteroatoms. The zero-order valence-corrected chi connectivity index (χ0v) is 24.1. The van der Waals surface area contributed by atoms with E-state index >= 15 is 0 Å². The lowest BCUT2D eigenvalue weighted by atomic mass is 9.90. The van der Waals surface area contributed by atoms with Gasteiger partial charge in [-0.2, -0.15) is 0 Å². The molecule has 0 radical (unpaired) electrons. The molecule has 0 saturated carbocycles. The van der Waals surface area contributed by atoms with E-state index in [1.54, 1.807) is 7.11 Å². The maximum absolute atomic E-state index is 10.7. The molecule has 216 valence electrons. The van der Waals surface area contributed by atoms with Crippen molar-refractivity contribution >= 4 is 33.4 Å². The monoisotopic (exact) mass is 571 g/mol. The van der Waals surface area contributed by atoms with Gasteiger partial charge in [-0.1, -0.05) is 18.2 Å². The molecular formula is C30H37NO8S. The molecule has 0 amide bonds. The molecular weight excluding hydrogens is 534 g/mol. The number of carbonyl (C=O) groups is 2. The maximum Gasteiger partial charge on any atom is 0.414 e. The minimum atomic E-state index is -1.82. The van der Waals surface area contributed by atoms with Crippen LogP contribution in [0.3, 0.4) is 0 Å². The average Bonchev–Trinajstić information content (AvgIpc) is 3.48. The molecule has 0 bridgehead atoms. The van der Waals surface area contributed by atoms with Gasteiger partial charge in [0.1, 0.15) is 24.1 Å². The van der Waals surface area contributed by atoms with Crippen molar-refractivity contribution in [3.05, 3.63) is 52.9 Å². The number of hydrogen-bond acceptors (Lipinski definition) is 8. The first kappa shape index (κ1) is 29.6. The van der Waals surface area contributed by atoms with Gasteiger partial charge < -0.3 is 29.5 Å². The summed E-state index contributed by atoms with van der Waals surface area (Å²) in [6, 6.07) is 15.0. The molecule has 40 heavy (non-hydrogen) atoms. The first-order valence-corrected chi connectivity index (χ1v) is 14.2. The van der Waals surface area contributed by atoms with Crippen LogP contribution in [0.25, 0.3) is 10.1 Å². The highest BCUT2D eigenvalue weighted by atomic mass is 32.1. The number of carboxylic acid groups (broad SMARTS) is 2. The molecule has 1 fully saturated rings. The molecule has 2 aliphatic rings. The number of nitrogens with zero attached hydrogens (tertiary/aromatic N) is 1. The van der Waals surface area contributed by atoms with E-state index in [1.807, 2.05) is 29.5 Å². The van der Waals surface area contributed by atoms with E-state index in [1.165, 1.54) is 20.5 Å². The molecule has 2 aliphatic heterocycles. The highest BCUT2D eigenvalue weighted by Gasteiger charge is 2.33. The second-order valence-electron chi connectivity index (χ2n) is 10.9. The Morgan fingerprint density at radius 3 is 2.52 bits per heavy atom. The number of hydrogen-bond donors (Lipinski definition) is 3. The third-order valence-electron chi connectivity index (χ3n) is 7.29. The number of thiophene rings is 1. The number of methoxy groups -OCH3 is 1. The van der Waals surface area contributed by atoms with Gasteiger partial charge in [0.2, 0.25) is 0 Å². The SMILES string of the molecule is COc1cccc2sc([C@H]3CCN(C[C@H](O)COc4cccc5c4OC(C)(C)C5)[C@H](C)C3)cc12.O=C(O)C(=O)O. The van der Waals surface area contributed by atoms with E-state index in [4.69, 9.17) is 34.0 Å². The predicted octanol–water partition coefficient (Wildman–Crippen LogP) is 4.79. The normalized spacial score (nSPS) is 20.5. The van der Waals surface area contributed by atoms with Crippen molar-refractivity contribution in [2.75, 3.05) is 26.8 Å². The lowest BCUT2D eigenvalue weighted by Crippen LogP contribution is -2.45. The summed E-state index contributed by atoms with van der Waals surface area (Å²) in [6.45, 7) is 8.32. The van der Waals surface area contributed by atoms with Crippen molar-refractivity contribution in [1.82, 2.24) is 4.90 Å². The van der Waals surface area contributed by atoms with Gasteiger partial charge in [-0.3, -0.25) is 4.90 Å². The zero-order chi connectivity index (χ0) is 29.0. The topological polar surface area (TPSA) is 126 Å². The summed E-state index contributed by atoms with van der Waals surface area (Å²) in [7, 11) is 1.74. The van der Waals surface area contributed by atoms with Gasteiger partial charge in [0.25, 0.3) is 0 Å². The van der Waals surface area contributed by atoms with Crippen LogP contribution < -0.4 is 14.2 Å². The summed E-state index contributed by atoms with van der Waals surface area (Å²) in [5.41, 5.74) is 0.964. The van der Waals surface area contributed by atoms with Crippen LogP contribution in [-0.2, 0) is 16.0 Å².